The molecule has 0 aliphatic carbocycles. The van der Waals surface area contributed by atoms with Crippen LogP contribution in [-0.2, 0) is 4.74 Å². The maximum absolute atomic E-state index is 10.1. The lowest BCUT2D eigenvalue weighted by molar-refractivity contribution is -0.0508. The van der Waals surface area contributed by atoms with Gasteiger partial charge >= 0.3 is 0 Å². The van der Waals surface area contributed by atoms with Gasteiger partial charge in [-0.05, 0) is 6.07 Å². The number of nitrogens with one attached hydrogen (secondary N) is 1. The molecular formula is C14H18N4O4. The Kier molecular flexibility index (Phi) is 4.08. The van der Waals surface area contributed by atoms with Crippen LogP contribution in [0.5, 0.6) is 0 Å². The predicted octanol–water partition coefficient (Wildman–Crippen LogP) is -0.359. The van der Waals surface area contributed by atoms with E-state index in [0.717, 1.165) is 5.39 Å². The molecule has 0 spiro atoms. The summed E-state index contributed by atoms with van der Waals surface area (Å²) in [7, 11) is 0. The minimum Gasteiger partial charge on any atom is -0.394 e. The van der Waals surface area contributed by atoms with E-state index in [9.17, 15) is 15.3 Å². The molecular weight excluding hydrogens is 288 g/mol. The van der Waals surface area contributed by atoms with E-state index < -0.39 is 24.5 Å². The Morgan fingerprint density at radius 2 is 2.18 bits per heavy atom. The van der Waals surface area contributed by atoms with Gasteiger partial charge in [0.25, 0.3) is 0 Å². The van der Waals surface area contributed by atoms with Crippen LogP contribution < -0.4 is 5.32 Å². The van der Waals surface area contributed by atoms with Crippen molar-refractivity contribution in [2.45, 2.75) is 24.5 Å². The monoisotopic (exact) mass is 306 g/mol. The fraction of sp³-hybridized carbons (Fsp3) is 0.429. The Bertz CT molecular complexity index is 674. The summed E-state index contributed by atoms with van der Waals surface area (Å²) in [4.78, 5) is 8.39. The molecule has 8 nitrogen and oxygen atoms in total. The first kappa shape index (κ1) is 14.9. The molecule has 0 aromatic carbocycles. The van der Waals surface area contributed by atoms with Gasteiger partial charge in [0.1, 0.15) is 36.1 Å². The van der Waals surface area contributed by atoms with Crippen molar-refractivity contribution in [3.8, 4) is 0 Å². The lowest BCUT2D eigenvalue weighted by atomic mass is 10.1. The van der Waals surface area contributed by atoms with E-state index in [0.29, 0.717) is 18.0 Å². The number of aliphatic hydroxyl groups is 3. The molecule has 4 atom stereocenters. The number of nitrogens with zero attached hydrogens (tertiary/aromatic N) is 3. The Hall–Kier alpha value is -2.00. The van der Waals surface area contributed by atoms with Crippen molar-refractivity contribution in [2.24, 2.45) is 0 Å². The smallest absolute Gasteiger partial charge is 0.164 e. The van der Waals surface area contributed by atoms with Crippen molar-refractivity contribution < 1.29 is 20.1 Å². The van der Waals surface area contributed by atoms with Crippen LogP contribution in [0.2, 0.25) is 0 Å². The summed E-state index contributed by atoms with van der Waals surface area (Å²) >= 11 is 0. The molecule has 1 fully saturated rings. The van der Waals surface area contributed by atoms with E-state index in [1.54, 1.807) is 22.9 Å². The molecule has 1 aliphatic heterocycles. The number of ether oxygens (including phenoxy) is 1. The van der Waals surface area contributed by atoms with E-state index in [4.69, 9.17) is 4.74 Å². The highest BCUT2D eigenvalue weighted by Gasteiger charge is 2.43. The molecule has 1 aliphatic rings. The van der Waals surface area contributed by atoms with E-state index in [2.05, 4.69) is 21.9 Å². The number of aliphatic hydroxyl groups excluding tert-OH is 3. The van der Waals surface area contributed by atoms with Crippen molar-refractivity contribution in [2.75, 3.05) is 18.5 Å². The molecule has 8 heteroatoms. The van der Waals surface area contributed by atoms with Crippen molar-refractivity contribution in [1.29, 1.82) is 0 Å². The summed E-state index contributed by atoms with van der Waals surface area (Å²) in [6, 6.07) is 1.80. The van der Waals surface area contributed by atoms with Crippen molar-refractivity contribution in [3.05, 3.63) is 31.2 Å². The number of hydrogen-bond donors (Lipinski definition) is 4. The maximum atomic E-state index is 10.1. The third-order valence-electron chi connectivity index (χ3n) is 3.71. The Labute approximate surface area is 126 Å². The van der Waals surface area contributed by atoms with Gasteiger partial charge in [0.05, 0.1) is 12.0 Å². The number of anilines is 1. The van der Waals surface area contributed by atoms with Crippen LogP contribution in [0.15, 0.2) is 31.2 Å². The summed E-state index contributed by atoms with van der Waals surface area (Å²) in [5.41, 5.74) is 0.566. The fourth-order valence-corrected chi connectivity index (χ4v) is 2.60. The first-order chi connectivity index (χ1) is 10.7. The van der Waals surface area contributed by atoms with Gasteiger partial charge in [-0.2, -0.15) is 0 Å². The quantitative estimate of drug-likeness (QED) is 0.558. The van der Waals surface area contributed by atoms with Gasteiger partial charge in [0.2, 0.25) is 0 Å². The largest absolute Gasteiger partial charge is 0.394 e. The minimum atomic E-state index is -1.15. The Morgan fingerprint density at radius 1 is 1.36 bits per heavy atom. The summed E-state index contributed by atoms with van der Waals surface area (Å²) in [5, 5.41) is 33.0. The van der Waals surface area contributed by atoms with E-state index >= 15 is 0 Å². The molecule has 3 rings (SSSR count). The zero-order chi connectivity index (χ0) is 15.7. The lowest BCUT2D eigenvalue weighted by Gasteiger charge is -2.17. The molecule has 2 aromatic rings. The van der Waals surface area contributed by atoms with Crippen LogP contribution in [0, 0.1) is 0 Å². The number of rotatable bonds is 5. The molecule has 0 saturated carbocycles. The molecule has 3 heterocycles. The van der Waals surface area contributed by atoms with Gasteiger partial charge in [0.15, 0.2) is 6.23 Å². The normalized spacial score (nSPS) is 28.1. The van der Waals surface area contributed by atoms with Crippen molar-refractivity contribution in [1.82, 2.24) is 14.5 Å². The van der Waals surface area contributed by atoms with E-state index in [-0.39, 0.29) is 6.61 Å². The molecule has 4 N–H and O–H groups in total. The highest BCUT2D eigenvalue weighted by molar-refractivity contribution is 5.87. The van der Waals surface area contributed by atoms with E-state index in [1.807, 2.05) is 0 Å². The van der Waals surface area contributed by atoms with E-state index in [1.165, 1.54) is 6.33 Å². The molecule has 0 bridgehead atoms. The molecule has 118 valence electrons. The van der Waals surface area contributed by atoms with Crippen LogP contribution in [0.25, 0.3) is 11.0 Å². The topological polar surface area (TPSA) is 113 Å². The van der Waals surface area contributed by atoms with Gasteiger partial charge in [-0.25, -0.2) is 9.97 Å². The van der Waals surface area contributed by atoms with Gasteiger partial charge < -0.3 is 29.9 Å². The molecule has 2 aromatic heterocycles. The SMILES string of the molecule is C=CCNc1ncnc2c1ccn2[C@@H]1O[C@H](CO)[C@@H](O)[C@H]1O. The van der Waals surface area contributed by atoms with Crippen molar-refractivity contribution in [3.63, 3.8) is 0 Å². The van der Waals surface area contributed by atoms with Crippen LogP contribution in [-0.4, -0.2) is 61.3 Å². The summed E-state index contributed by atoms with van der Waals surface area (Å²) in [6.07, 6.45) is 0.908. The standard InChI is InChI=1S/C14H18N4O4/c1-2-4-15-12-8-3-5-18(13(8)17-7-16-12)14-11(21)10(20)9(6-19)22-14/h2-3,5,7,9-11,14,19-21H,1,4,6H2,(H,15,16,17)/t9-,10-,11-,14-/m1/s1. The molecule has 0 unspecified atom stereocenters. The zero-order valence-electron chi connectivity index (χ0n) is 11.8. The van der Waals surface area contributed by atoms with Crippen LogP contribution >= 0.6 is 0 Å². The second-order valence-electron chi connectivity index (χ2n) is 5.08. The second-order valence-corrected chi connectivity index (χ2v) is 5.08. The average Bonchev–Trinajstić information content (AvgIpc) is 3.08. The number of hydrogen-bond acceptors (Lipinski definition) is 7. The highest BCUT2D eigenvalue weighted by Crippen LogP contribution is 2.32. The first-order valence-electron chi connectivity index (χ1n) is 6.96. The first-order valence-corrected chi connectivity index (χ1v) is 6.96. The Morgan fingerprint density at radius 3 is 2.86 bits per heavy atom. The third kappa shape index (κ3) is 2.35. The molecule has 1 saturated heterocycles. The maximum Gasteiger partial charge on any atom is 0.164 e. The fourth-order valence-electron chi connectivity index (χ4n) is 2.60. The predicted molar refractivity (Wildman–Crippen MR) is 79.2 cm³/mol. The van der Waals surface area contributed by atoms with Crippen LogP contribution in [0.1, 0.15) is 6.23 Å². The highest BCUT2D eigenvalue weighted by atomic mass is 16.6. The second kappa shape index (κ2) is 6.01. The number of fused-ring (bicyclic) bond motifs is 1. The Balaban J connectivity index is 1.97. The molecule has 22 heavy (non-hydrogen) atoms. The van der Waals surface area contributed by atoms with Gasteiger partial charge in [-0.3, -0.25) is 0 Å². The van der Waals surface area contributed by atoms with Crippen molar-refractivity contribution >= 4 is 16.9 Å². The zero-order valence-corrected chi connectivity index (χ0v) is 11.8. The molecule has 0 amide bonds. The lowest BCUT2D eigenvalue weighted by Crippen LogP contribution is -2.33. The van der Waals surface area contributed by atoms with Gasteiger partial charge in [0, 0.05) is 12.7 Å². The van der Waals surface area contributed by atoms with Gasteiger partial charge in [-0.1, -0.05) is 6.08 Å². The summed E-state index contributed by atoms with van der Waals surface area (Å²) in [5.74, 6) is 0.649. The third-order valence-corrected chi connectivity index (χ3v) is 3.71. The summed E-state index contributed by atoms with van der Waals surface area (Å²) < 4.78 is 7.15. The van der Waals surface area contributed by atoms with Crippen LogP contribution in [0.4, 0.5) is 5.82 Å². The average molecular weight is 306 g/mol. The molecule has 0 radical (unpaired) electrons. The number of aromatic nitrogens is 3. The van der Waals surface area contributed by atoms with Crippen LogP contribution in [0.3, 0.4) is 0 Å². The summed E-state index contributed by atoms with van der Waals surface area (Å²) in [6.45, 7) is 3.84. The minimum absolute atomic E-state index is 0.366. The van der Waals surface area contributed by atoms with Gasteiger partial charge in [-0.15, -0.1) is 6.58 Å².